The zero-order valence-electron chi connectivity index (χ0n) is 7.09. The van der Waals surface area contributed by atoms with Crippen LogP contribution >= 0.6 is 15.9 Å². The van der Waals surface area contributed by atoms with Gasteiger partial charge in [-0.25, -0.2) is 4.39 Å². The van der Waals surface area contributed by atoms with E-state index in [1.54, 1.807) is 13.0 Å². The molecule has 1 atom stereocenters. The van der Waals surface area contributed by atoms with E-state index in [0.717, 1.165) is 0 Å². The van der Waals surface area contributed by atoms with Crippen LogP contribution in [-0.2, 0) is 6.42 Å². The van der Waals surface area contributed by atoms with Crippen LogP contribution in [0.1, 0.15) is 12.5 Å². The van der Waals surface area contributed by atoms with E-state index in [4.69, 9.17) is 5.11 Å². The van der Waals surface area contributed by atoms with Gasteiger partial charge in [0.2, 0.25) is 0 Å². The van der Waals surface area contributed by atoms with Crippen molar-refractivity contribution in [2.24, 2.45) is 0 Å². The second kappa shape index (κ2) is 4.07. The highest BCUT2D eigenvalue weighted by Crippen LogP contribution is 2.26. The van der Waals surface area contributed by atoms with Gasteiger partial charge >= 0.3 is 0 Å². The summed E-state index contributed by atoms with van der Waals surface area (Å²) in [6, 6.07) is 2.77. The third-order valence-corrected chi connectivity index (χ3v) is 2.08. The van der Waals surface area contributed by atoms with Crippen LogP contribution in [0.5, 0.6) is 5.75 Å². The second-order valence-corrected chi connectivity index (χ2v) is 3.86. The molecular formula is C9H10BrFO2. The standard InChI is InChI=1S/C9H10BrFO2/c1-5(12)2-6-3-7(10)4-8(11)9(6)13/h3-5,12-13H,2H2,1H3/t5-/m0/s1. The Hall–Kier alpha value is -0.610. The SMILES string of the molecule is C[C@H](O)Cc1cc(Br)cc(F)c1O. The van der Waals surface area contributed by atoms with E-state index in [2.05, 4.69) is 15.9 Å². The molecule has 0 aliphatic heterocycles. The van der Waals surface area contributed by atoms with Gasteiger partial charge in [0.05, 0.1) is 6.10 Å². The first-order chi connectivity index (χ1) is 6.00. The fourth-order valence-electron chi connectivity index (χ4n) is 1.09. The molecule has 0 unspecified atom stereocenters. The fraction of sp³-hybridized carbons (Fsp3) is 0.333. The normalized spacial score (nSPS) is 12.9. The maximum absolute atomic E-state index is 12.9. The van der Waals surface area contributed by atoms with Gasteiger partial charge in [-0.15, -0.1) is 0 Å². The minimum Gasteiger partial charge on any atom is -0.505 e. The number of hydrogen-bond acceptors (Lipinski definition) is 2. The zero-order chi connectivity index (χ0) is 10.0. The van der Waals surface area contributed by atoms with Crippen molar-refractivity contribution in [1.29, 1.82) is 0 Å². The molecule has 2 N–H and O–H groups in total. The predicted octanol–water partition coefficient (Wildman–Crippen LogP) is 2.22. The highest BCUT2D eigenvalue weighted by Gasteiger charge is 2.10. The van der Waals surface area contributed by atoms with Crippen LogP contribution in [0.15, 0.2) is 16.6 Å². The number of halogens is 2. The Morgan fingerprint density at radius 2 is 2.15 bits per heavy atom. The predicted molar refractivity (Wildman–Crippen MR) is 51.1 cm³/mol. The minimum absolute atomic E-state index is 0.238. The third kappa shape index (κ3) is 2.67. The summed E-state index contributed by atoms with van der Waals surface area (Å²) in [5.41, 5.74) is 0.405. The fourth-order valence-corrected chi connectivity index (χ4v) is 1.57. The Morgan fingerprint density at radius 1 is 1.54 bits per heavy atom. The van der Waals surface area contributed by atoms with Gasteiger partial charge in [0.15, 0.2) is 11.6 Å². The Bertz CT molecular complexity index is 313. The van der Waals surface area contributed by atoms with E-state index in [0.29, 0.717) is 10.0 Å². The molecule has 0 amide bonds. The number of benzene rings is 1. The molecule has 0 saturated heterocycles. The molecule has 0 aliphatic carbocycles. The first kappa shape index (κ1) is 10.5. The lowest BCUT2D eigenvalue weighted by molar-refractivity contribution is 0.194. The number of phenols is 1. The summed E-state index contributed by atoms with van der Waals surface area (Å²) < 4.78 is 13.5. The quantitative estimate of drug-likeness (QED) is 0.843. The van der Waals surface area contributed by atoms with Crippen molar-refractivity contribution < 1.29 is 14.6 Å². The summed E-state index contributed by atoms with van der Waals surface area (Å²) in [6.07, 6.45) is -0.359. The summed E-state index contributed by atoms with van der Waals surface area (Å²) in [5.74, 6) is -1.06. The molecule has 1 rings (SSSR count). The smallest absolute Gasteiger partial charge is 0.166 e. The maximum atomic E-state index is 12.9. The van der Waals surface area contributed by atoms with E-state index in [1.807, 2.05) is 0 Å². The van der Waals surface area contributed by atoms with Gasteiger partial charge in [-0.1, -0.05) is 15.9 Å². The molecule has 0 aromatic heterocycles. The molecule has 0 fully saturated rings. The van der Waals surface area contributed by atoms with Crippen molar-refractivity contribution in [3.8, 4) is 5.75 Å². The summed E-state index contributed by atoms with van der Waals surface area (Å²) in [7, 11) is 0. The largest absolute Gasteiger partial charge is 0.505 e. The van der Waals surface area contributed by atoms with E-state index in [9.17, 15) is 9.50 Å². The van der Waals surface area contributed by atoms with Crippen molar-refractivity contribution >= 4 is 15.9 Å². The topological polar surface area (TPSA) is 40.5 Å². The average molecular weight is 249 g/mol. The number of aromatic hydroxyl groups is 1. The summed E-state index contributed by atoms with van der Waals surface area (Å²) >= 11 is 3.10. The number of phenolic OH excluding ortho intramolecular Hbond substituents is 1. The Labute approximate surface area is 84.1 Å². The average Bonchev–Trinajstić information content (AvgIpc) is 1.98. The monoisotopic (exact) mass is 248 g/mol. The zero-order valence-corrected chi connectivity index (χ0v) is 8.68. The Kier molecular flexibility index (Phi) is 3.27. The van der Waals surface area contributed by atoms with Crippen molar-refractivity contribution in [3.05, 3.63) is 28.0 Å². The third-order valence-electron chi connectivity index (χ3n) is 1.62. The number of aliphatic hydroxyl groups excluding tert-OH is 1. The molecule has 0 heterocycles. The van der Waals surface area contributed by atoms with E-state index in [-0.39, 0.29) is 12.2 Å². The van der Waals surface area contributed by atoms with Gasteiger partial charge < -0.3 is 10.2 Å². The van der Waals surface area contributed by atoms with Gasteiger partial charge in [-0.2, -0.15) is 0 Å². The van der Waals surface area contributed by atoms with Gasteiger partial charge in [0.1, 0.15) is 0 Å². The van der Waals surface area contributed by atoms with E-state index in [1.165, 1.54) is 6.07 Å². The highest BCUT2D eigenvalue weighted by atomic mass is 79.9. The molecule has 0 bridgehead atoms. The van der Waals surface area contributed by atoms with Crippen molar-refractivity contribution in [1.82, 2.24) is 0 Å². The Morgan fingerprint density at radius 3 is 2.69 bits per heavy atom. The van der Waals surface area contributed by atoms with Gasteiger partial charge in [0.25, 0.3) is 0 Å². The molecule has 13 heavy (non-hydrogen) atoms. The van der Waals surface area contributed by atoms with E-state index >= 15 is 0 Å². The van der Waals surface area contributed by atoms with Crippen LogP contribution in [0.2, 0.25) is 0 Å². The first-order valence-electron chi connectivity index (χ1n) is 3.85. The number of aliphatic hydroxyl groups is 1. The van der Waals surface area contributed by atoms with Crippen LogP contribution < -0.4 is 0 Å². The summed E-state index contributed by atoms with van der Waals surface area (Å²) in [4.78, 5) is 0. The lowest BCUT2D eigenvalue weighted by Crippen LogP contribution is -2.04. The van der Waals surface area contributed by atoms with Crippen LogP contribution in [0.4, 0.5) is 4.39 Å². The number of hydrogen-bond donors (Lipinski definition) is 2. The molecule has 0 radical (unpaired) electrons. The summed E-state index contributed by atoms with van der Waals surface area (Å²) in [5, 5.41) is 18.3. The molecule has 72 valence electrons. The van der Waals surface area contributed by atoms with Gasteiger partial charge in [-0.3, -0.25) is 0 Å². The van der Waals surface area contributed by atoms with Crippen LogP contribution in [0, 0.1) is 5.82 Å². The molecule has 2 nitrogen and oxygen atoms in total. The Balaban J connectivity index is 3.05. The molecule has 0 aliphatic rings. The second-order valence-electron chi connectivity index (χ2n) is 2.95. The van der Waals surface area contributed by atoms with Gasteiger partial charge in [-0.05, 0) is 19.1 Å². The van der Waals surface area contributed by atoms with E-state index < -0.39 is 11.9 Å². The molecular weight excluding hydrogens is 239 g/mol. The molecule has 1 aromatic rings. The highest BCUT2D eigenvalue weighted by molar-refractivity contribution is 9.10. The minimum atomic E-state index is -0.676. The molecule has 4 heteroatoms. The van der Waals surface area contributed by atoms with Crippen LogP contribution in [-0.4, -0.2) is 16.3 Å². The lowest BCUT2D eigenvalue weighted by Gasteiger charge is -2.07. The number of rotatable bonds is 2. The molecule has 1 aromatic carbocycles. The molecule has 0 spiro atoms. The van der Waals surface area contributed by atoms with Crippen molar-refractivity contribution in [3.63, 3.8) is 0 Å². The maximum Gasteiger partial charge on any atom is 0.166 e. The lowest BCUT2D eigenvalue weighted by atomic mass is 10.1. The first-order valence-corrected chi connectivity index (χ1v) is 4.65. The summed E-state index contributed by atoms with van der Waals surface area (Å²) in [6.45, 7) is 1.58. The van der Waals surface area contributed by atoms with Crippen molar-refractivity contribution in [2.45, 2.75) is 19.4 Å². The van der Waals surface area contributed by atoms with Crippen molar-refractivity contribution in [2.75, 3.05) is 0 Å². The van der Waals surface area contributed by atoms with Gasteiger partial charge in [0, 0.05) is 16.5 Å². The van der Waals surface area contributed by atoms with Crippen LogP contribution in [0.3, 0.4) is 0 Å². The molecule has 0 saturated carbocycles. The van der Waals surface area contributed by atoms with Crippen LogP contribution in [0.25, 0.3) is 0 Å².